The molecule has 1 fully saturated rings. The number of carbonyl (C=O) groups excluding carboxylic acids is 1. The van der Waals surface area contributed by atoms with E-state index in [9.17, 15) is 4.79 Å². The van der Waals surface area contributed by atoms with Crippen molar-refractivity contribution in [2.24, 2.45) is 11.8 Å². The van der Waals surface area contributed by atoms with Crippen molar-refractivity contribution in [1.29, 1.82) is 0 Å². The second-order valence-electron chi connectivity index (χ2n) is 5.19. The highest BCUT2D eigenvalue weighted by atomic mass is 16.1. The Morgan fingerprint density at radius 2 is 1.82 bits per heavy atom. The van der Waals surface area contributed by atoms with Crippen molar-refractivity contribution in [3.05, 3.63) is 29.8 Å². The van der Waals surface area contributed by atoms with Crippen LogP contribution in [-0.2, 0) is 4.79 Å². The molecule has 1 N–H and O–H groups in total. The van der Waals surface area contributed by atoms with Gasteiger partial charge in [-0.15, -0.1) is 0 Å². The van der Waals surface area contributed by atoms with E-state index in [1.165, 1.54) is 31.2 Å². The van der Waals surface area contributed by atoms with Crippen LogP contribution in [-0.4, -0.2) is 5.91 Å². The molecule has 0 saturated heterocycles. The van der Waals surface area contributed by atoms with E-state index in [0.29, 0.717) is 5.92 Å². The molecule has 1 aromatic rings. The summed E-state index contributed by atoms with van der Waals surface area (Å²) in [5.41, 5.74) is 2.12. The number of hydrogen-bond acceptors (Lipinski definition) is 1. The Morgan fingerprint density at radius 1 is 1.24 bits per heavy atom. The van der Waals surface area contributed by atoms with Gasteiger partial charge in [-0.05, 0) is 37.8 Å². The molecule has 17 heavy (non-hydrogen) atoms. The molecule has 0 spiro atoms. The summed E-state index contributed by atoms with van der Waals surface area (Å²) in [6, 6.07) is 7.98. The summed E-state index contributed by atoms with van der Waals surface area (Å²) < 4.78 is 0. The van der Waals surface area contributed by atoms with Crippen molar-refractivity contribution in [3.8, 4) is 0 Å². The lowest BCUT2D eigenvalue weighted by molar-refractivity contribution is -0.120. The summed E-state index contributed by atoms with van der Waals surface area (Å²) in [6.07, 6.45) is 4.99. The van der Waals surface area contributed by atoms with Crippen LogP contribution < -0.4 is 5.32 Å². The lowest BCUT2D eigenvalue weighted by Gasteiger charge is -2.18. The van der Waals surface area contributed by atoms with E-state index < -0.39 is 0 Å². The molecular weight excluding hydrogens is 210 g/mol. The minimum Gasteiger partial charge on any atom is -0.326 e. The molecule has 2 rings (SSSR count). The van der Waals surface area contributed by atoms with Crippen LogP contribution in [0.4, 0.5) is 5.69 Å². The molecule has 1 aliphatic carbocycles. The fourth-order valence-corrected chi connectivity index (χ4v) is 2.56. The molecule has 0 unspecified atom stereocenters. The van der Waals surface area contributed by atoms with E-state index >= 15 is 0 Å². The van der Waals surface area contributed by atoms with Crippen molar-refractivity contribution in [3.63, 3.8) is 0 Å². The van der Waals surface area contributed by atoms with Gasteiger partial charge in [-0.3, -0.25) is 4.79 Å². The third kappa shape index (κ3) is 3.09. The molecule has 92 valence electrons. The van der Waals surface area contributed by atoms with Crippen LogP contribution in [0.25, 0.3) is 0 Å². The average molecular weight is 231 g/mol. The summed E-state index contributed by atoms with van der Waals surface area (Å²) >= 11 is 0. The minimum absolute atomic E-state index is 0.138. The van der Waals surface area contributed by atoms with Gasteiger partial charge in [0.15, 0.2) is 0 Å². The third-order valence-electron chi connectivity index (χ3n) is 3.84. The second kappa shape index (κ2) is 5.35. The monoisotopic (exact) mass is 231 g/mol. The molecule has 0 heterocycles. The highest BCUT2D eigenvalue weighted by Gasteiger charge is 2.26. The van der Waals surface area contributed by atoms with Crippen LogP contribution in [0.5, 0.6) is 0 Å². The van der Waals surface area contributed by atoms with Gasteiger partial charge < -0.3 is 5.32 Å². The van der Waals surface area contributed by atoms with E-state index in [2.05, 4.69) is 12.2 Å². The molecule has 1 atom stereocenters. The van der Waals surface area contributed by atoms with Crippen LogP contribution >= 0.6 is 0 Å². The maximum absolute atomic E-state index is 12.1. The van der Waals surface area contributed by atoms with Crippen molar-refractivity contribution >= 4 is 11.6 Å². The number of benzene rings is 1. The summed E-state index contributed by atoms with van der Waals surface area (Å²) in [6.45, 7) is 4.10. The first-order valence-electron chi connectivity index (χ1n) is 6.54. The van der Waals surface area contributed by atoms with Gasteiger partial charge in [0, 0.05) is 11.6 Å². The summed E-state index contributed by atoms with van der Waals surface area (Å²) in [4.78, 5) is 12.1. The Hall–Kier alpha value is -1.31. The second-order valence-corrected chi connectivity index (χ2v) is 5.19. The molecule has 1 saturated carbocycles. The molecule has 2 nitrogen and oxygen atoms in total. The Labute approximate surface area is 103 Å². The Morgan fingerprint density at radius 3 is 2.41 bits per heavy atom. The molecule has 1 aromatic carbocycles. The number of anilines is 1. The zero-order chi connectivity index (χ0) is 12.3. The van der Waals surface area contributed by atoms with Crippen LogP contribution in [0.3, 0.4) is 0 Å². The van der Waals surface area contributed by atoms with Gasteiger partial charge in [-0.2, -0.15) is 0 Å². The maximum atomic E-state index is 12.1. The fourth-order valence-electron chi connectivity index (χ4n) is 2.56. The summed E-state index contributed by atoms with van der Waals surface area (Å²) in [5, 5.41) is 3.01. The zero-order valence-electron chi connectivity index (χ0n) is 10.7. The van der Waals surface area contributed by atoms with Crippen LogP contribution in [0.1, 0.15) is 38.2 Å². The van der Waals surface area contributed by atoms with Crippen LogP contribution in [0.2, 0.25) is 0 Å². The van der Waals surface area contributed by atoms with Gasteiger partial charge >= 0.3 is 0 Å². The molecule has 0 aromatic heterocycles. The van der Waals surface area contributed by atoms with Gasteiger partial charge in [0.25, 0.3) is 0 Å². The van der Waals surface area contributed by atoms with Crippen LogP contribution in [0.15, 0.2) is 24.3 Å². The fraction of sp³-hybridized carbons (Fsp3) is 0.533. The minimum atomic E-state index is 0.138. The number of rotatable bonds is 3. The predicted octanol–water partition coefficient (Wildman–Crippen LogP) is 3.76. The molecule has 1 amide bonds. The van der Waals surface area contributed by atoms with Crippen molar-refractivity contribution < 1.29 is 4.79 Å². The number of aryl methyl sites for hydroxylation is 1. The molecule has 1 aliphatic rings. The number of hydrogen-bond donors (Lipinski definition) is 1. The van der Waals surface area contributed by atoms with Gasteiger partial charge in [-0.1, -0.05) is 37.5 Å². The predicted molar refractivity (Wildman–Crippen MR) is 70.9 cm³/mol. The van der Waals surface area contributed by atoms with Gasteiger partial charge in [0.2, 0.25) is 5.91 Å². The Kier molecular flexibility index (Phi) is 3.82. The first kappa shape index (κ1) is 12.2. The maximum Gasteiger partial charge on any atom is 0.227 e. The first-order chi connectivity index (χ1) is 8.16. The SMILES string of the molecule is Cc1ccc(NC(=O)[C@H](C)C2CCCC2)cc1. The normalized spacial score (nSPS) is 18.0. The molecule has 0 radical (unpaired) electrons. The smallest absolute Gasteiger partial charge is 0.227 e. The van der Waals surface area contributed by atoms with Gasteiger partial charge in [0.1, 0.15) is 0 Å². The highest BCUT2D eigenvalue weighted by Crippen LogP contribution is 2.31. The molecule has 2 heteroatoms. The number of nitrogens with one attached hydrogen (secondary N) is 1. The van der Waals surface area contributed by atoms with E-state index in [-0.39, 0.29) is 11.8 Å². The van der Waals surface area contributed by atoms with E-state index in [1.54, 1.807) is 0 Å². The topological polar surface area (TPSA) is 29.1 Å². The number of amides is 1. The number of carbonyl (C=O) groups is 1. The third-order valence-corrected chi connectivity index (χ3v) is 3.84. The van der Waals surface area contributed by atoms with Crippen molar-refractivity contribution in [2.75, 3.05) is 5.32 Å². The van der Waals surface area contributed by atoms with Gasteiger partial charge in [-0.25, -0.2) is 0 Å². The van der Waals surface area contributed by atoms with E-state index in [4.69, 9.17) is 0 Å². The van der Waals surface area contributed by atoms with E-state index in [1.807, 2.05) is 31.2 Å². The van der Waals surface area contributed by atoms with Crippen LogP contribution in [0, 0.1) is 18.8 Å². The zero-order valence-corrected chi connectivity index (χ0v) is 10.7. The van der Waals surface area contributed by atoms with E-state index in [0.717, 1.165) is 5.69 Å². The summed E-state index contributed by atoms with van der Waals surface area (Å²) in [5.74, 6) is 0.889. The Balaban J connectivity index is 1.93. The lowest BCUT2D eigenvalue weighted by atomic mass is 9.92. The average Bonchev–Trinajstić information content (AvgIpc) is 2.84. The first-order valence-corrected chi connectivity index (χ1v) is 6.54. The van der Waals surface area contributed by atoms with Gasteiger partial charge in [0.05, 0.1) is 0 Å². The van der Waals surface area contributed by atoms with Crippen molar-refractivity contribution in [1.82, 2.24) is 0 Å². The lowest BCUT2D eigenvalue weighted by Crippen LogP contribution is -2.25. The highest BCUT2D eigenvalue weighted by molar-refractivity contribution is 5.92. The quantitative estimate of drug-likeness (QED) is 0.843. The molecule has 0 aliphatic heterocycles. The molecular formula is C15H21NO. The summed E-state index contributed by atoms with van der Waals surface area (Å²) in [7, 11) is 0. The largest absolute Gasteiger partial charge is 0.326 e. The van der Waals surface area contributed by atoms with Crippen molar-refractivity contribution in [2.45, 2.75) is 39.5 Å². The molecule has 0 bridgehead atoms. The standard InChI is InChI=1S/C15H21NO/c1-11-7-9-14(10-8-11)16-15(17)12(2)13-5-3-4-6-13/h7-10,12-13H,3-6H2,1-2H3,(H,16,17)/t12-/m1/s1. The Bertz CT molecular complexity index is 376.